The SMILES string of the molecule is C=CCNCCN.Cl. The van der Waals surface area contributed by atoms with Crippen molar-refractivity contribution in [3.63, 3.8) is 0 Å². The van der Waals surface area contributed by atoms with Gasteiger partial charge in [-0.3, -0.25) is 0 Å². The van der Waals surface area contributed by atoms with Crippen molar-refractivity contribution < 1.29 is 0 Å². The lowest BCUT2D eigenvalue weighted by Crippen LogP contribution is -2.21. The van der Waals surface area contributed by atoms with E-state index in [4.69, 9.17) is 5.73 Å². The van der Waals surface area contributed by atoms with E-state index in [2.05, 4.69) is 11.9 Å². The van der Waals surface area contributed by atoms with E-state index in [1.165, 1.54) is 0 Å². The summed E-state index contributed by atoms with van der Waals surface area (Å²) in [5.41, 5.74) is 5.17. The van der Waals surface area contributed by atoms with Crippen LogP contribution in [0.1, 0.15) is 0 Å². The molecule has 0 aliphatic carbocycles. The Balaban J connectivity index is 0. The third kappa shape index (κ3) is 9.34. The second kappa shape index (κ2) is 10.0. The highest BCUT2D eigenvalue weighted by Gasteiger charge is 1.73. The smallest absolute Gasteiger partial charge is 0.0132 e. The molecule has 0 atom stereocenters. The van der Waals surface area contributed by atoms with Gasteiger partial charge in [-0.1, -0.05) is 6.08 Å². The van der Waals surface area contributed by atoms with E-state index in [9.17, 15) is 0 Å². The molecule has 0 unspecified atom stereocenters. The Kier molecular flexibility index (Phi) is 13.6. The maximum Gasteiger partial charge on any atom is 0.0132 e. The summed E-state index contributed by atoms with van der Waals surface area (Å²) in [5, 5.41) is 3.04. The fourth-order valence-electron chi connectivity index (χ4n) is 0.306. The van der Waals surface area contributed by atoms with Gasteiger partial charge in [0.05, 0.1) is 0 Å². The molecular formula is C5H13ClN2. The second-order valence-corrected chi connectivity index (χ2v) is 1.28. The normalized spacial score (nSPS) is 7.62. The van der Waals surface area contributed by atoms with Crippen molar-refractivity contribution in [2.45, 2.75) is 0 Å². The highest BCUT2D eigenvalue weighted by molar-refractivity contribution is 5.85. The van der Waals surface area contributed by atoms with E-state index in [1.54, 1.807) is 0 Å². The van der Waals surface area contributed by atoms with E-state index in [0.717, 1.165) is 13.1 Å². The van der Waals surface area contributed by atoms with Gasteiger partial charge in [-0.05, 0) is 0 Å². The summed E-state index contributed by atoms with van der Waals surface area (Å²) in [6.45, 7) is 5.97. The minimum Gasteiger partial charge on any atom is -0.329 e. The molecule has 0 saturated carbocycles. The van der Waals surface area contributed by atoms with E-state index in [-0.39, 0.29) is 12.4 Å². The molecule has 0 saturated heterocycles. The van der Waals surface area contributed by atoms with Crippen molar-refractivity contribution >= 4 is 12.4 Å². The minimum absolute atomic E-state index is 0. The van der Waals surface area contributed by atoms with Crippen LogP contribution in [-0.4, -0.2) is 19.6 Å². The van der Waals surface area contributed by atoms with E-state index in [1.807, 2.05) is 6.08 Å². The van der Waals surface area contributed by atoms with Crippen molar-refractivity contribution in [2.75, 3.05) is 19.6 Å². The lowest BCUT2D eigenvalue weighted by Gasteiger charge is -1.93. The van der Waals surface area contributed by atoms with Crippen LogP contribution in [0.2, 0.25) is 0 Å². The number of hydrogen-bond donors (Lipinski definition) is 2. The molecule has 3 N–H and O–H groups in total. The van der Waals surface area contributed by atoms with Gasteiger partial charge in [0.25, 0.3) is 0 Å². The highest BCUT2D eigenvalue weighted by Crippen LogP contribution is 1.55. The molecule has 3 heteroatoms. The molecule has 0 heterocycles. The quantitative estimate of drug-likeness (QED) is 0.426. The zero-order valence-electron chi connectivity index (χ0n) is 4.89. The minimum atomic E-state index is 0. The predicted molar refractivity (Wildman–Crippen MR) is 39.4 cm³/mol. The van der Waals surface area contributed by atoms with Crippen LogP contribution in [0.4, 0.5) is 0 Å². The van der Waals surface area contributed by atoms with Gasteiger partial charge in [-0.15, -0.1) is 19.0 Å². The van der Waals surface area contributed by atoms with Crippen LogP contribution in [0.3, 0.4) is 0 Å². The average molecular weight is 137 g/mol. The molecule has 0 fully saturated rings. The van der Waals surface area contributed by atoms with Crippen LogP contribution in [0.25, 0.3) is 0 Å². The Labute approximate surface area is 56.6 Å². The van der Waals surface area contributed by atoms with Gasteiger partial charge in [0, 0.05) is 19.6 Å². The molecule has 0 aliphatic heterocycles. The third-order valence-electron chi connectivity index (χ3n) is 0.610. The van der Waals surface area contributed by atoms with Gasteiger partial charge in [0.15, 0.2) is 0 Å². The zero-order chi connectivity index (χ0) is 5.54. The molecule has 50 valence electrons. The lowest BCUT2D eigenvalue weighted by molar-refractivity contribution is 0.754. The molecule has 0 amide bonds. The maximum atomic E-state index is 5.17. The number of nitrogens with one attached hydrogen (secondary N) is 1. The summed E-state index contributed by atoms with van der Waals surface area (Å²) in [6, 6.07) is 0. The zero-order valence-corrected chi connectivity index (χ0v) is 5.71. The van der Waals surface area contributed by atoms with Crippen molar-refractivity contribution in [1.82, 2.24) is 5.32 Å². The standard InChI is InChI=1S/C5H12N2.ClH/c1-2-4-7-5-3-6;/h2,7H,1,3-6H2;1H. The number of hydrogen-bond acceptors (Lipinski definition) is 2. The lowest BCUT2D eigenvalue weighted by atomic mass is 10.6. The average Bonchev–Trinajstić information content (AvgIpc) is 1.69. The molecule has 0 radical (unpaired) electrons. The fraction of sp³-hybridized carbons (Fsp3) is 0.600. The van der Waals surface area contributed by atoms with Gasteiger partial charge in [-0.25, -0.2) is 0 Å². The monoisotopic (exact) mass is 136 g/mol. The molecule has 0 aromatic carbocycles. The molecule has 0 rings (SSSR count). The van der Waals surface area contributed by atoms with Crippen molar-refractivity contribution in [3.05, 3.63) is 12.7 Å². The topological polar surface area (TPSA) is 38.0 Å². The van der Waals surface area contributed by atoms with Crippen molar-refractivity contribution in [3.8, 4) is 0 Å². The Morgan fingerprint density at radius 1 is 1.62 bits per heavy atom. The van der Waals surface area contributed by atoms with Gasteiger partial charge >= 0.3 is 0 Å². The second-order valence-electron chi connectivity index (χ2n) is 1.28. The fourth-order valence-corrected chi connectivity index (χ4v) is 0.306. The summed E-state index contributed by atoms with van der Waals surface area (Å²) in [7, 11) is 0. The molecule has 0 aliphatic rings. The molecule has 0 aromatic rings. The van der Waals surface area contributed by atoms with Crippen LogP contribution in [0.5, 0.6) is 0 Å². The summed E-state index contributed by atoms with van der Waals surface area (Å²) in [5.74, 6) is 0. The van der Waals surface area contributed by atoms with Crippen LogP contribution < -0.4 is 11.1 Å². The van der Waals surface area contributed by atoms with Gasteiger partial charge in [-0.2, -0.15) is 0 Å². The Bertz CT molecular complexity index is 47.7. The molecule has 0 bridgehead atoms. The Hall–Kier alpha value is -0.0500. The van der Waals surface area contributed by atoms with Crippen LogP contribution in [-0.2, 0) is 0 Å². The van der Waals surface area contributed by atoms with Crippen LogP contribution in [0, 0.1) is 0 Å². The van der Waals surface area contributed by atoms with Crippen molar-refractivity contribution in [1.29, 1.82) is 0 Å². The molecule has 8 heavy (non-hydrogen) atoms. The molecule has 0 aromatic heterocycles. The maximum absolute atomic E-state index is 5.17. The largest absolute Gasteiger partial charge is 0.329 e. The Morgan fingerprint density at radius 2 is 2.25 bits per heavy atom. The summed E-state index contributed by atoms with van der Waals surface area (Å²) < 4.78 is 0. The highest BCUT2D eigenvalue weighted by atomic mass is 35.5. The first-order valence-corrected chi connectivity index (χ1v) is 2.43. The number of nitrogens with two attached hydrogens (primary N) is 1. The van der Waals surface area contributed by atoms with Gasteiger partial charge < -0.3 is 11.1 Å². The number of halogens is 1. The van der Waals surface area contributed by atoms with Gasteiger partial charge in [0.1, 0.15) is 0 Å². The molecular weight excluding hydrogens is 124 g/mol. The first kappa shape index (κ1) is 10.8. The summed E-state index contributed by atoms with van der Waals surface area (Å²) >= 11 is 0. The predicted octanol–water partition coefficient (Wildman–Crippen LogP) is 0.142. The number of rotatable bonds is 4. The first-order valence-electron chi connectivity index (χ1n) is 2.43. The van der Waals surface area contributed by atoms with Gasteiger partial charge in [0.2, 0.25) is 0 Å². The van der Waals surface area contributed by atoms with Crippen molar-refractivity contribution in [2.24, 2.45) is 5.73 Å². The van der Waals surface area contributed by atoms with E-state index >= 15 is 0 Å². The first-order chi connectivity index (χ1) is 3.41. The van der Waals surface area contributed by atoms with Crippen LogP contribution >= 0.6 is 12.4 Å². The van der Waals surface area contributed by atoms with E-state index < -0.39 is 0 Å². The summed E-state index contributed by atoms with van der Waals surface area (Å²) in [6.07, 6.45) is 1.82. The molecule has 2 nitrogen and oxygen atoms in total. The third-order valence-corrected chi connectivity index (χ3v) is 0.610. The van der Waals surface area contributed by atoms with Crippen LogP contribution in [0.15, 0.2) is 12.7 Å². The molecule has 0 spiro atoms. The van der Waals surface area contributed by atoms with E-state index in [0.29, 0.717) is 6.54 Å². The summed E-state index contributed by atoms with van der Waals surface area (Å²) in [4.78, 5) is 0. The Morgan fingerprint density at radius 3 is 2.62 bits per heavy atom.